The van der Waals surface area contributed by atoms with Gasteiger partial charge in [-0.15, -0.1) is 0 Å². The van der Waals surface area contributed by atoms with Crippen LogP contribution in [0.15, 0.2) is 40.9 Å². The lowest BCUT2D eigenvalue weighted by molar-refractivity contribution is 0.0497. The first-order valence-corrected chi connectivity index (χ1v) is 11.8. The highest BCUT2D eigenvalue weighted by atomic mass is 35.5. The number of ether oxygens (including phenoxy) is 2. The number of hydrogen-bond donors (Lipinski definition) is 3. The number of aliphatic hydroxyl groups excluding tert-OH is 1. The van der Waals surface area contributed by atoms with E-state index in [1.807, 2.05) is 13.8 Å². The van der Waals surface area contributed by atoms with Crippen LogP contribution in [0.3, 0.4) is 0 Å². The predicted octanol–water partition coefficient (Wildman–Crippen LogP) is 3.56. The third-order valence-electron chi connectivity index (χ3n) is 4.19. The van der Waals surface area contributed by atoms with Gasteiger partial charge in [0.25, 0.3) is 5.89 Å². The Balaban J connectivity index is 1.70. The number of hydrogen-bond acceptors (Lipinski definition) is 9. The normalized spacial score (nSPS) is 12.4. The molecule has 0 saturated heterocycles. The maximum atomic E-state index is 10.7. The van der Waals surface area contributed by atoms with Crippen LogP contribution in [0.25, 0.3) is 22.8 Å². The van der Waals surface area contributed by atoms with E-state index >= 15 is 0 Å². The number of aliphatic hydroxyl groups is 1. The third kappa shape index (κ3) is 7.01. The van der Waals surface area contributed by atoms with E-state index in [1.54, 1.807) is 24.3 Å². The number of nitriles is 1. The molecular weight excluding hydrogens is 489 g/mol. The van der Waals surface area contributed by atoms with Crippen LogP contribution in [-0.2, 0) is 9.09 Å². The summed E-state index contributed by atoms with van der Waals surface area (Å²) in [5.41, 5.74) is 1.41. The zero-order valence-corrected chi connectivity index (χ0v) is 19.7. The molecule has 0 fully saturated rings. The molecule has 0 aliphatic rings. The first-order valence-electron chi connectivity index (χ1n) is 9.91. The molecule has 1 aromatic heterocycles. The number of aromatic nitrogens is 2. The molecule has 0 saturated carbocycles. The fourth-order valence-corrected chi connectivity index (χ4v) is 3.34. The smallest absolute Gasteiger partial charge is 0.469 e. The van der Waals surface area contributed by atoms with Gasteiger partial charge in [0.15, 0.2) is 0 Å². The summed E-state index contributed by atoms with van der Waals surface area (Å²) in [7, 11) is -4.69. The van der Waals surface area contributed by atoms with Crippen molar-refractivity contribution in [3.05, 3.63) is 47.0 Å². The van der Waals surface area contributed by atoms with Crippen molar-refractivity contribution in [1.29, 1.82) is 5.26 Å². The highest BCUT2D eigenvalue weighted by molar-refractivity contribution is 7.46. The summed E-state index contributed by atoms with van der Waals surface area (Å²) in [5.74, 6) is 1.14. The number of phosphoric ester groups is 1. The molecule has 34 heavy (non-hydrogen) atoms. The lowest BCUT2D eigenvalue weighted by Gasteiger charge is -2.14. The average molecular weight is 510 g/mol. The lowest BCUT2D eigenvalue weighted by Crippen LogP contribution is -2.23. The maximum Gasteiger partial charge on any atom is 0.469 e. The van der Waals surface area contributed by atoms with Gasteiger partial charge in [-0.05, 0) is 50.2 Å². The number of halogens is 1. The van der Waals surface area contributed by atoms with E-state index in [0.717, 1.165) is 0 Å². The van der Waals surface area contributed by atoms with Crippen molar-refractivity contribution in [1.82, 2.24) is 10.1 Å². The summed E-state index contributed by atoms with van der Waals surface area (Å²) in [6.07, 6.45) is -1.36. The van der Waals surface area contributed by atoms with Gasteiger partial charge in [-0.1, -0.05) is 16.8 Å². The van der Waals surface area contributed by atoms with Crippen molar-refractivity contribution in [3.63, 3.8) is 0 Å². The van der Waals surface area contributed by atoms with Gasteiger partial charge in [0.2, 0.25) is 5.82 Å². The molecule has 3 N–H and O–H groups in total. The van der Waals surface area contributed by atoms with Gasteiger partial charge in [-0.25, -0.2) is 4.57 Å². The molecule has 0 aliphatic heterocycles. The second-order valence-corrected chi connectivity index (χ2v) is 8.96. The molecule has 0 amide bonds. The Hall–Kier alpha value is -2.97. The maximum absolute atomic E-state index is 10.7. The van der Waals surface area contributed by atoms with Crippen molar-refractivity contribution in [2.75, 3.05) is 13.2 Å². The van der Waals surface area contributed by atoms with Gasteiger partial charge >= 0.3 is 7.82 Å². The molecule has 2 aromatic carbocycles. The molecule has 11 nitrogen and oxygen atoms in total. The fraction of sp³-hybridized carbons (Fsp3) is 0.286. The first-order chi connectivity index (χ1) is 16.1. The van der Waals surface area contributed by atoms with E-state index in [9.17, 15) is 14.9 Å². The summed E-state index contributed by atoms with van der Waals surface area (Å²) in [6, 6.07) is 11.7. The van der Waals surface area contributed by atoms with Crippen LogP contribution in [-0.4, -0.2) is 50.5 Å². The average Bonchev–Trinajstić information content (AvgIpc) is 3.26. The fourth-order valence-electron chi connectivity index (χ4n) is 2.74. The zero-order valence-electron chi connectivity index (χ0n) is 18.1. The van der Waals surface area contributed by atoms with E-state index < -0.39 is 20.5 Å². The van der Waals surface area contributed by atoms with Gasteiger partial charge in [0, 0.05) is 11.1 Å². The molecule has 1 atom stereocenters. The Morgan fingerprint density at radius 2 is 1.85 bits per heavy atom. The van der Waals surface area contributed by atoms with E-state index in [2.05, 4.69) is 20.7 Å². The van der Waals surface area contributed by atoms with Gasteiger partial charge in [-0.3, -0.25) is 4.52 Å². The monoisotopic (exact) mass is 509 g/mol. The van der Waals surface area contributed by atoms with Crippen LogP contribution in [0.1, 0.15) is 19.4 Å². The van der Waals surface area contributed by atoms with E-state index in [0.29, 0.717) is 22.4 Å². The van der Waals surface area contributed by atoms with Gasteiger partial charge < -0.3 is 28.9 Å². The van der Waals surface area contributed by atoms with Crippen LogP contribution in [0, 0.1) is 11.3 Å². The largest absolute Gasteiger partial charge is 0.490 e. The topological polar surface area (TPSA) is 168 Å². The Labute approximate surface area is 199 Å². The quantitative estimate of drug-likeness (QED) is 0.341. The van der Waals surface area contributed by atoms with E-state index in [-0.39, 0.29) is 35.2 Å². The minimum absolute atomic E-state index is 0.0824. The van der Waals surface area contributed by atoms with Gasteiger partial charge in [-0.2, -0.15) is 10.2 Å². The van der Waals surface area contributed by atoms with Crippen LogP contribution < -0.4 is 9.47 Å². The molecule has 3 aromatic rings. The van der Waals surface area contributed by atoms with E-state index in [4.69, 9.17) is 35.4 Å². The molecule has 0 aliphatic carbocycles. The zero-order chi connectivity index (χ0) is 24.9. The van der Waals surface area contributed by atoms with Crippen molar-refractivity contribution in [3.8, 4) is 40.4 Å². The summed E-state index contributed by atoms with van der Waals surface area (Å²) >= 11 is 6.24. The second kappa shape index (κ2) is 11.0. The number of nitrogens with zero attached hydrogens (tertiary/aromatic N) is 3. The van der Waals surface area contributed by atoms with Gasteiger partial charge in [0.05, 0.1) is 23.3 Å². The van der Waals surface area contributed by atoms with Crippen LogP contribution >= 0.6 is 19.4 Å². The van der Waals surface area contributed by atoms with Crippen LogP contribution in [0.4, 0.5) is 0 Å². The molecule has 13 heteroatoms. The van der Waals surface area contributed by atoms with Crippen molar-refractivity contribution in [2.45, 2.75) is 26.1 Å². The highest BCUT2D eigenvalue weighted by Crippen LogP contribution is 2.36. The summed E-state index contributed by atoms with van der Waals surface area (Å²) in [5, 5.41) is 23.3. The standard InChI is InChI=1S/C21H21ClN3O8P/c1-12(2)32-18-5-4-14(7-15(18)9-23)21-24-20(25-33-21)13-3-6-19(17(22)8-13)30-10-16(26)11-31-34(27,28)29/h3-8,12,16,26H,10-11H2,1-2H3,(H2,27,28,29). The Morgan fingerprint density at radius 3 is 2.50 bits per heavy atom. The molecule has 180 valence electrons. The van der Waals surface area contributed by atoms with Crippen LogP contribution in [0.2, 0.25) is 5.02 Å². The predicted molar refractivity (Wildman–Crippen MR) is 120 cm³/mol. The van der Waals surface area contributed by atoms with E-state index in [1.165, 1.54) is 12.1 Å². The van der Waals surface area contributed by atoms with Gasteiger partial charge in [0.1, 0.15) is 30.3 Å². The molecule has 0 bridgehead atoms. The Kier molecular flexibility index (Phi) is 8.28. The van der Waals surface area contributed by atoms with Crippen LogP contribution in [0.5, 0.6) is 11.5 Å². The first kappa shape index (κ1) is 25.6. The van der Waals surface area contributed by atoms with Crippen molar-refractivity contribution in [2.24, 2.45) is 0 Å². The molecular formula is C21H21ClN3O8P. The molecule has 0 spiro atoms. The molecule has 0 radical (unpaired) electrons. The lowest BCUT2D eigenvalue weighted by atomic mass is 10.1. The Bertz CT molecular complexity index is 1240. The Morgan fingerprint density at radius 1 is 1.15 bits per heavy atom. The SMILES string of the molecule is CC(C)Oc1ccc(-c2nc(-c3ccc(OCC(O)COP(=O)(O)O)c(Cl)c3)no2)cc1C#N. The van der Waals surface area contributed by atoms with Crippen molar-refractivity contribution >= 4 is 19.4 Å². The van der Waals surface area contributed by atoms with Crippen molar-refractivity contribution < 1.29 is 38.0 Å². The molecule has 1 unspecified atom stereocenters. The summed E-state index contributed by atoms with van der Waals surface area (Å²) in [4.78, 5) is 21.7. The number of rotatable bonds is 10. The number of benzene rings is 2. The third-order valence-corrected chi connectivity index (χ3v) is 4.97. The molecule has 3 rings (SSSR count). The number of phosphoric acid groups is 1. The summed E-state index contributed by atoms with van der Waals surface area (Å²) in [6.45, 7) is 2.82. The summed E-state index contributed by atoms with van der Waals surface area (Å²) < 4.78 is 31.2. The second-order valence-electron chi connectivity index (χ2n) is 7.31. The minimum Gasteiger partial charge on any atom is -0.490 e. The highest BCUT2D eigenvalue weighted by Gasteiger charge is 2.18. The molecule has 1 heterocycles. The minimum atomic E-state index is -4.69.